The van der Waals surface area contributed by atoms with Crippen LogP contribution in [0.5, 0.6) is 5.75 Å². The lowest BCUT2D eigenvalue weighted by atomic mass is 10.2. The van der Waals surface area contributed by atoms with Crippen molar-refractivity contribution in [1.82, 2.24) is 19.1 Å². The largest absolute Gasteiger partial charge is 0.492 e. The number of hydrogen-bond donors (Lipinski definition) is 0. The summed E-state index contributed by atoms with van der Waals surface area (Å²) in [6.45, 7) is 9.66. The molecule has 2 aromatic carbocycles. The molecule has 0 radical (unpaired) electrons. The highest BCUT2D eigenvalue weighted by Gasteiger charge is 2.31. The number of nitrogens with zero attached hydrogens (tertiary/aromatic N) is 5. The van der Waals surface area contributed by atoms with Gasteiger partial charge in [-0.25, -0.2) is 18.2 Å². The van der Waals surface area contributed by atoms with Crippen LogP contribution in [0.1, 0.15) is 30.6 Å². The van der Waals surface area contributed by atoms with Crippen LogP contribution in [0.15, 0.2) is 47.4 Å². The molecule has 14 heteroatoms. The Morgan fingerprint density at radius 2 is 1.70 bits per heavy atom. The van der Waals surface area contributed by atoms with E-state index in [4.69, 9.17) is 19.2 Å². The zero-order valence-electron chi connectivity index (χ0n) is 25.1. The Morgan fingerprint density at radius 1 is 0.977 bits per heavy atom. The van der Waals surface area contributed by atoms with Crippen molar-refractivity contribution in [1.29, 1.82) is 0 Å². The summed E-state index contributed by atoms with van der Waals surface area (Å²) in [6.07, 6.45) is 0.300. The van der Waals surface area contributed by atoms with Gasteiger partial charge in [-0.2, -0.15) is 4.31 Å². The molecule has 0 atom stereocenters. The first-order valence-electron chi connectivity index (χ1n) is 15.0. The quantitative estimate of drug-likeness (QED) is 0.308. The Hall–Kier alpha value is -3.30. The molecule has 2 amide bonds. The van der Waals surface area contributed by atoms with E-state index in [-0.39, 0.29) is 43.6 Å². The van der Waals surface area contributed by atoms with E-state index in [9.17, 15) is 18.0 Å². The number of carbonyl (C=O) groups excluding carboxylic acids is 2. The molecule has 0 bridgehead atoms. The van der Waals surface area contributed by atoms with E-state index >= 15 is 0 Å². The number of fused-ring (bicyclic) bond motifs is 1. The smallest absolute Gasteiger partial charge is 0.409 e. The average molecular weight is 646 g/mol. The predicted molar refractivity (Wildman–Crippen MR) is 168 cm³/mol. The Labute approximate surface area is 262 Å². The number of hydrogen-bond acceptors (Lipinski definition) is 10. The Balaban J connectivity index is 1.33. The Kier molecular flexibility index (Phi) is 10.7. The number of morpholine rings is 1. The Morgan fingerprint density at radius 3 is 2.39 bits per heavy atom. The van der Waals surface area contributed by atoms with E-state index < -0.39 is 16.1 Å². The van der Waals surface area contributed by atoms with Crippen LogP contribution in [0.3, 0.4) is 0 Å². The average Bonchev–Trinajstić information content (AvgIpc) is 3.49. The van der Waals surface area contributed by atoms with E-state index in [0.29, 0.717) is 48.3 Å². The van der Waals surface area contributed by atoms with E-state index in [0.717, 1.165) is 30.8 Å². The van der Waals surface area contributed by atoms with Crippen LogP contribution >= 0.6 is 11.3 Å². The van der Waals surface area contributed by atoms with Gasteiger partial charge < -0.3 is 19.1 Å². The number of ether oxygens (including phenoxy) is 3. The predicted octanol–water partition coefficient (Wildman–Crippen LogP) is 3.53. The number of sulfonamides is 1. The van der Waals surface area contributed by atoms with Gasteiger partial charge in [0.15, 0.2) is 5.13 Å². The summed E-state index contributed by atoms with van der Waals surface area (Å²) in [6, 6.07) is 11.8. The summed E-state index contributed by atoms with van der Waals surface area (Å²) in [5.41, 5.74) is 1.08. The van der Waals surface area contributed by atoms with E-state index in [1.165, 1.54) is 32.7 Å². The van der Waals surface area contributed by atoms with Crippen LogP contribution in [0.2, 0.25) is 0 Å². The minimum atomic E-state index is -3.80. The van der Waals surface area contributed by atoms with Gasteiger partial charge in [0.25, 0.3) is 5.91 Å². The molecule has 0 aliphatic carbocycles. The molecule has 44 heavy (non-hydrogen) atoms. The fourth-order valence-corrected chi connectivity index (χ4v) is 7.69. The lowest BCUT2D eigenvalue weighted by Gasteiger charge is -2.33. The molecule has 0 unspecified atom stereocenters. The normalized spacial score (nSPS) is 16.6. The summed E-state index contributed by atoms with van der Waals surface area (Å²) in [5.74, 6) is 0.418. The minimum Gasteiger partial charge on any atom is -0.492 e. The molecule has 3 heterocycles. The summed E-state index contributed by atoms with van der Waals surface area (Å²) < 4.78 is 45.3. The zero-order chi connectivity index (χ0) is 31.1. The second-order valence-corrected chi connectivity index (χ2v) is 13.4. The molecule has 0 N–H and O–H groups in total. The van der Waals surface area contributed by atoms with Crippen LogP contribution in [0, 0.1) is 0 Å². The van der Waals surface area contributed by atoms with Crippen molar-refractivity contribution in [2.45, 2.75) is 25.2 Å². The molecule has 1 aromatic heterocycles. The third-order valence-electron chi connectivity index (χ3n) is 7.61. The van der Waals surface area contributed by atoms with Crippen molar-refractivity contribution < 1.29 is 32.2 Å². The zero-order valence-corrected chi connectivity index (χ0v) is 26.8. The first-order chi connectivity index (χ1) is 21.3. The van der Waals surface area contributed by atoms with E-state index in [1.54, 1.807) is 24.0 Å². The maximum atomic E-state index is 13.9. The summed E-state index contributed by atoms with van der Waals surface area (Å²) in [4.78, 5) is 36.4. The number of para-hydroxylation sites is 1. The second kappa shape index (κ2) is 14.7. The number of anilines is 1. The van der Waals surface area contributed by atoms with Gasteiger partial charge in [-0.1, -0.05) is 17.4 Å². The van der Waals surface area contributed by atoms with Gasteiger partial charge in [-0.05, 0) is 56.7 Å². The van der Waals surface area contributed by atoms with Gasteiger partial charge in [0.2, 0.25) is 10.0 Å². The molecule has 3 aromatic rings. The molecule has 2 aliphatic rings. The van der Waals surface area contributed by atoms with E-state index in [1.807, 2.05) is 25.1 Å². The molecule has 0 spiro atoms. The van der Waals surface area contributed by atoms with Gasteiger partial charge in [-0.3, -0.25) is 14.6 Å². The first kappa shape index (κ1) is 32.1. The number of thiazole rings is 1. The van der Waals surface area contributed by atoms with Crippen LogP contribution in [-0.4, -0.2) is 118 Å². The van der Waals surface area contributed by atoms with Crippen LogP contribution in [0.4, 0.5) is 9.93 Å². The monoisotopic (exact) mass is 645 g/mol. The van der Waals surface area contributed by atoms with Gasteiger partial charge in [0.1, 0.15) is 11.3 Å². The van der Waals surface area contributed by atoms with Crippen molar-refractivity contribution in [3.63, 3.8) is 0 Å². The lowest BCUT2D eigenvalue weighted by molar-refractivity contribution is 0.0376. The highest BCUT2D eigenvalue weighted by atomic mass is 32.2. The molecular formula is C30H39N5O7S2. The standard InChI is InChI=1S/C30H39N5O7S2/c1-3-41-25-7-5-8-26-27(25)31-29(43-26)35(14-6-13-32-19-21-40-22-20-32)28(36)23-9-11-24(12-10-23)44(38,39)34-17-15-33(16-18-34)30(37)42-4-2/h5,7-12H,3-4,6,13-22H2,1-2H3. The number of piperazine rings is 1. The number of rotatable bonds is 11. The highest BCUT2D eigenvalue weighted by Crippen LogP contribution is 2.35. The minimum absolute atomic E-state index is 0.0962. The van der Waals surface area contributed by atoms with Crippen molar-refractivity contribution in [2.75, 3.05) is 83.7 Å². The molecule has 12 nitrogen and oxygen atoms in total. The summed E-state index contributed by atoms with van der Waals surface area (Å²) >= 11 is 1.43. The fourth-order valence-electron chi connectivity index (χ4n) is 5.26. The molecule has 2 fully saturated rings. The molecule has 5 rings (SSSR count). The molecule has 2 saturated heterocycles. The fraction of sp³-hybridized carbons (Fsp3) is 0.500. The first-order valence-corrected chi connectivity index (χ1v) is 17.2. The maximum Gasteiger partial charge on any atom is 0.409 e. The van der Waals surface area contributed by atoms with E-state index in [2.05, 4.69) is 4.90 Å². The topological polar surface area (TPSA) is 122 Å². The number of carbonyl (C=O) groups is 2. The second-order valence-electron chi connectivity index (χ2n) is 10.4. The van der Waals surface area contributed by atoms with Gasteiger partial charge in [-0.15, -0.1) is 0 Å². The van der Waals surface area contributed by atoms with Gasteiger partial charge in [0.05, 0.1) is 36.0 Å². The van der Waals surface area contributed by atoms with Crippen LogP contribution < -0.4 is 9.64 Å². The third-order valence-corrected chi connectivity index (χ3v) is 10.6. The number of aromatic nitrogens is 1. The Bertz CT molecular complexity index is 1530. The highest BCUT2D eigenvalue weighted by molar-refractivity contribution is 7.89. The van der Waals surface area contributed by atoms with Crippen molar-refractivity contribution in [3.8, 4) is 5.75 Å². The van der Waals surface area contributed by atoms with Gasteiger partial charge in [0, 0.05) is 57.9 Å². The van der Waals surface area contributed by atoms with Crippen molar-refractivity contribution in [3.05, 3.63) is 48.0 Å². The maximum absolute atomic E-state index is 13.9. The lowest BCUT2D eigenvalue weighted by Crippen LogP contribution is -2.50. The third kappa shape index (κ3) is 7.32. The summed E-state index contributed by atoms with van der Waals surface area (Å²) in [7, 11) is -3.80. The number of amides is 2. The number of benzene rings is 2. The molecular weight excluding hydrogens is 606 g/mol. The summed E-state index contributed by atoms with van der Waals surface area (Å²) in [5, 5.41) is 0.565. The molecule has 2 aliphatic heterocycles. The van der Waals surface area contributed by atoms with Crippen molar-refractivity contribution >= 4 is 48.7 Å². The van der Waals surface area contributed by atoms with Crippen LogP contribution in [-0.2, 0) is 19.5 Å². The van der Waals surface area contributed by atoms with Crippen molar-refractivity contribution in [2.24, 2.45) is 0 Å². The van der Waals surface area contributed by atoms with Gasteiger partial charge >= 0.3 is 6.09 Å². The van der Waals surface area contributed by atoms with Crippen LogP contribution in [0.25, 0.3) is 10.2 Å². The molecule has 0 saturated carbocycles. The SMILES string of the molecule is CCOC(=O)N1CCN(S(=O)(=O)c2ccc(C(=O)N(CCCN3CCOCC3)c3nc4c(OCC)cccc4s3)cc2)CC1. The molecule has 238 valence electrons.